The Bertz CT molecular complexity index is 593. The molecule has 0 aliphatic heterocycles. The van der Waals surface area contributed by atoms with Crippen LogP contribution in [0.5, 0.6) is 11.5 Å². The Balaban J connectivity index is 2.25. The highest BCUT2D eigenvalue weighted by molar-refractivity contribution is 14.1. The van der Waals surface area contributed by atoms with E-state index in [4.69, 9.17) is 21.1 Å². The van der Waals surface area contributed by atoms with Crippen LogP contribution in [0.3, 0.4) is 0 Å². The smallest absolute Gasteiger partial charge is 0.161 e. The maximum Gasteiger partial charge on any atom is 0.161 e. The van der Waals surface area contributed by atoms with Crippen molar-refractivity contribution < 1.29 is 9.47 Å². The molecule has 6 heteroatoms. The Kier molecular flexibility index (Phi) is 4.81. The van der Waals surface area contributed by atoms with Crippen LogP contribution in [0.1, 0.15) is 11.4 Å². The zero-order valence-corrected chi connectivity index (χ0v) is 13.4. The van der Waals surface area contributed by atoms with Gasteiger partial charge >= 0.3 is 0 Å². The van der Waals surface area contributed by atoms with Crippen molar-refractivity contribution >= 4 is 34.2 Å². The van der Waals surface area contributed by atoms with Gasteiger partial charge in [0.25, 0.3) is 0 Å². The Morgan fingerprint density at radius 3 is 2.58 bits per heavy atom. The highest BCUT2D eigenvalue weighted by Gasteiger charge is 2.08. The van der Waals surface area contributed by atoms with E-state index < -0.39 is 0 Å². The fourth-order valence-electron chi connectivity index (χ4n) is 1.64. The summed E-state index contributed by atoms with van der Waals surface area (Å²) in [6.07, 6.45) is 2.31. The molecule has 0 aliphatic rings. The second-order valence-electron chi connectivity index (χ2n) is 3.79. The Morgan fingerprint density at radius 2 is 1.95 bits per heavy atom. The number of nitrogens with zero attached hydrogens (tertiary/aromatic N) is 2. The van der Waals surface area contributed by atoms with E-state index in [1.807, 2.05) is 18.2 Å². The van der Waals surface area contributed by atoms with Crippen LogP contribution in [0, 0.1) is 3.57 Å². The average molecular weight is 391 g/mol. The van der Waals surface area contributed by atoms with Gasteiger partial charge in [-0.2, -0.15) is 0 Å². The summed E-state index contributed by atoms with van der Waals surface area (Å²) in [6, 6.07) is 5.73. The van der Waals surface area contributed by atoms with Crippen molar-refractivity contribution in [1.82, 2.24) is 9.97 Å². The van der Waals surface area contributed by atoms with Gasteiger partial charge in [-0.15, -0.1) is 0 Å². The second-order valence-corrected chi connectivity index (χ2v) is 5.31. The highest BCUT2D eigenvalue weighted by atomic mass is 127. The van der Waals surface area contributed by atoms with Gasteiger partial charge in [-0.3, -0.25) is 0 Å². The van der Waals surface area contributed by atoms with E-state index in [2.05, 4.69) is 32.6 Å². The van der Waals surface area contributed by atoms with E-state index in [0.717, 1.165) is 9.13 Å². The van der Waals surface area contributed by atoms with Crippen molar-refractivity contribution in [3.8, 4) is 11.5 Å². The van der Waals surface area contributed by atoms with Crippen molar-refractivity contribution in [2.24, 2.45) is 0 Å². The molecule has 0 amide bonds. The molecule has 0 radical (unpaired) electrons. The number of aromatic nitrogens is 2. The normalized spacial score (nSPS) is 10.3. The van der Waals surface area contributed by atoms with E-state index in [0.29, 0.717) is 28.9 Å². The molecular weight excluding hydrogens is 379 g/mol. The molecule has 2 aromatic rings. The summed E-state index contributed by atoms with van der Waals surface area (Å²) in [5.41, 5.74) is 1.04. The molecule has 19 heavy (non-hydrogen) atoms. The van der Waals surface area contributed by atoms with Crippen LogP contribution in [-0.2, 0) is 6.42 Å². The van der Waals surface area contributed by atoms with Gasteiger partial charge in [0.2, 0.25) is 0 Å². The molecule has 1 heterocycles. The van der Waals surface area contributed by atoms with Gasteiger partial charge < -0.3 is 9.47 Å². The highest BCUT2D eigenvalue weighted by Crippen LogP contribution is 2.28. The molecule has 0 fully saturated rings. The van der Waals surface area contributed by atoms with Crippen LogP contribution in [0.2, 0.25) is 5.15 Å². The van der Waals surface area contributed by atoms with Crippen molar-refractivity contribution in [2.45, 2.75) is 6.42 Å². The lowest BCUT2D eigenvalue weighted by Crippen LogP contribution is -1.99. The molecule has 0 N–H and O–H groups in total. The first-order valence-corrected chi connectivity index (χ1v) is 6.97. The summed E-state index contributed by atoms with van der Waals surface area (Å²) < 4.78 is 11.3. The van der Waals surface area contributed by atoms with Crippen LogP contribution >= 0.6 is 34.2 Å². The first-order valence-electron chi connectivity index (χ1n) is 5.52. The molecule has 0 aliphatic carbocycles. The summed E-state index contributed by atoms with van der Waals surface area (Å²) in [5, 5.41) is 0.478. The van der Waals surface area contributed by atoms with Crippen molar-refractivity contribution in [1.29, 1.82) is 0 Å². The summed E-state index contributed by atoms with van der Waals surface area (Å²) in [4.78, 5) is 8.50. The quantitative estimate of drug-likeness (QED) is 0.593. The van der Waals surface area contributed by atoms with Crippen LogP contribution in [0.25, 0.3) is 0 Å². The molecule has 0 saturated carbocycles. The number of halogens is 2. The van der Waals surface area contributed by atoms with Gasteiger partial charge in [-0.05, 0) is 40.3 Å². The fourth-order valence-corrected chi connectivity index (χ4v) is 2.04. The number of rotatable bonds is 4. The van der Waals surface area contributed by atoms with Crippen LogP contribution in [0.15, 0.2) is 24.4 Å². The number of ether oxygens (including phenoxy) is 2. The SMILES string of the molecule is COc1ccc(Cc2ncc(I)c(Cl)n2)cc1OC. The summed E-state index contributed by atoms with van der Waals surface area (Å²) >= 11 is 8.08. The first-order chi connectivity index (χ1) is 9.13. The Hall–Kier alpha value is -1.08. The zero-order chi connectivity index (χ0) is 13.8. The van der Waals surface area contributed by atoms with Crippen molar-refractivity contribution in [2.75, 3.05) is 14.2 Å². The molecule has 1 aromatic carbocycles. The summed E-state index contributed by atoms with van der Waals surface area (Å²) in [6.45, 7) is 0. The molecule has 0 bridgehead atoms. The van der Waals surface area contributed by atoms with Crippen molar-refractivity contribution in [3.63, 3.8) is 0 Å². The Labute approximate surface area is 130 Å². The predicted molar refractivity (Wildman–Crippen MR) is 82.1 cm³/mol. The van der Waals surface area contributed by atoms with Crippen LogP contribution < -0.4 is 9.47 Å². The van der Waals surface area contributed by atoms with Crippen LogP contribution in [0.4, 0.5) is 0 Å². The van der Waals surface area contributed by atoms with Gasteiger partial charge in [0.1, 0.15) is 11.0 Å². The van der Waals surface area contributed by atoms with Gasteiger partial charge in [0, 0.05) is 12.6 Å². The number of benzene rings is 1. The molecule has 0 unspecified atom stereocenters. The number of hydrogen-bond donors (Lipinski definition) is 0. The molecule has 4 nitrogen and oxygen atoms in total. The first kappa shape index (κ1) is 14.3. The topological polar surface area (TPSA) is 44.2 Å². The molecule has 0 spiro atoms. The standard InChI is InChI=1S/C13H12ClIN2O2/c1-18-10-4-3-8(5-11(10)19-2)6-12-16-7-9(15)13(14)17-12/h3-5,7H,6H2,1-2H3. The van der Waals surface area contributed by atoms with Gasteiger partial charge in [-0.25, -0.2) is 9.97 Å². The monoisotopic (exact) mass is 390 g/mol. The maximum absolute atomic E-state index is 5.98. The minimum absolute atomic E-state index is 0.478. The van der Waals surface area contributed by atoms with Gasteiger partial charge in [-0.1, -0.05) is 17.7 Å². The van der Waals surface area contributed by atoms with E-state index in [1.54, 1.807) is 20.4 Å². The average Bonchev–Trinajstić information content (AvgIpc) is 2.43. The lowest BCUT2D eigenvalue weighted by molar-refractivity contribution is 0.354. The van der Waals surface area contributed by atoms with Crippen molar-refractivity contribution in [3.05, 3.63) is 44.5 Å². The van der Waals surface area contributed by atoms with E-state index in [-0.39, 0.29) is 0 Å². The second kappa shape index (κ2) is 6.38. The van der Waals surface area contributed by atoms with E-state index in [1.165, 1.54) is 0 Å². The maximum atomic E-state index is 5.98. The lowest BCUT2D eigenvalue weighted by atomic mass is 10.1. The molecule has 0 saturated heterocycles. The fraction of sp³-hybridized carbons (Fsp3) is 0.231. The molecule has 1 aromatic heterocycles. The van der Waals surface area contributed by atoms with E-state index >= 15 is 0 Å². The molecular formula is C13H12ClIN2O2. The zero-order valence-electron chi connectivity index (χ0n) is 10.5. The van der Waals surface area contributed by atoms with Crippen LogP contribution in [-0.4, -0.2) is 24.2 Å². The minimum Gasteiger partial charge on any atom is -0.493 e. The minimum atomic E-state index is 0.478. The molecule has 2 rings (SSSR count). The predicted octanol–water partition coefficient (Wildman–Crippen LogP) is 3.34. The third-order valence-electron chi connectivity index (χ3n) is 2.56. The van der Waals surface area contributed by atoms with Gasteiger partial charge in [0.05, 0.1) is 17.8 Å². The third-order valence-corrected chi connectivity index (χ3v) is 3.96. The van der Waals surface area contributed by atoms with Gasteiger partial charge in [0.15, 0.2) is 11.5 Å². The number of methoxy groups -OCH3 is 2. The van der Waals surface area contributed by atoms with E-state index in [9.17, 15) is 0 Å². The molecule has 100 valence electrons. The lowest BCUT2D eigenvalue weighted by Gasteiger charge is -2.09. The molecule has 0 atom stereocenters. The Morgan fingerprint density at radius 1 is 1.21 bits per heavy atom. The summed E-state index contributed by atoms with van der Waals surface area (Å²) in [7, 11) is 3.22. The number of hydrogen-bond acceptors (Lipinski definition) is 4. The third kappa shape index (κ3) is 3.48. The largest absolute Gasteiger partial charge is 0.493 e. The summed E-state index contributed by atoms with van der Waals surface area (Å²) in [5.74, 6) is 2.07.